The molecule has 0 aliphatic heterocycles. The van der Waals surface area contributed by atoms with Gasteiger partial charge in [-0.05, 0) is 48.9 Å². The van der Waals surface area contributed by atoms with E-state index in [2.05, 4.69) is 48.5 Å². The Morgan fingerprint density at radius 1 is 0.448 bits per heavy atom. The molecule has 0 aliphatic rings. The van der Waals surface area contributed by atoms with Crippen molar-refractivity contribution in [3.05, 3.63) is 71.3 Å². The van der Waals surface area contributed by atoms with Crippen LogP contribution in [0.3, 0.4) is 0 Å². The van der Waals surface area contributed by atoms with Gasteiger partial charge in [-0.25, -0.2) is 0 Å². The lowest BCUT2D eigenvalue weighted by Crippen LogP contribution is -1.87. The minimum atomic E-state index is 0.761. The number of unbranched alkanes of at least 4 members (excludes halogenated alkanes) is 12. The summed E-state index contributed by atoms with van der Waals surface area (Å²) in [6, 6.07) is 21.1. The summed E-state index contributed by atoms with van der Waals surface area (Å²) in [6.07, 6.45) is 20.4. The molecule has 29 heavy (non-hydrogen) atoms. The summed E-state index contributed by atoms with van der Waals surface area (Å²) < 4.78 is 0. The molecule has 0 fully saturated rings. The first-order valence-corrected chi connectivity index (χ1v) is 11.9. The zero-order valence-corrected chi connectivity index (χ0v) is 18.2. The summed E-state index contributed by atoms with van der Waals surface area (Å²) in [5.41, 5.74) is 3.61. The van der Waals surface area contributed by atoms with Crippen molar-refractivity contribution in [1.29, 1.82) is 5.26 Å². The Bertz CT molecular complexity index is 666. The van der Waals surface area contributed by atoms with Crippen molar-refractivity contribution in [1.82, 2.24) is 0 Å². The molecule has 0 heterocycles. The van der Waals surface area contributed by atoms with E-state index in [4.69, 9.17) is 5.26 Å². The first kappa shape index (κ1) is 23.2. The molecule has 0 atom stereocenters. The fraction of sp³-hybridized carbons (Fsp3) is 0.536. The Hall–Kier alpha value is -2.07. The molecule has 0 amide bonds. The lowest BCUT2D eigenvalue weighted by atomic mass is 10.0. The van der Waals surface area contributed by atoms with Crippen LogP contribution in [0.15, 0.2) is 54.6 Å². The third kappa shape index (κ3) is 11.5. The van der Waals surface area contributed by atoms with E-state index in [1.165, 1.54) is 101 Å². The monoisotopic (exact) mass is 389 g/mol. The quantitative estimate of drug-likeness (QED) is 0.264. The molecule has 0 aliphatic carbocycles. The number of hydrogen-bond acceptors (Lipinski definition) is 1. The fourth-order valence-corrected chi connectivity index (χ4v) is 3.99. The van der Waals surface area contributed by atoms with E-state index in [1.807, 2.05) is 12.1 Å². The van der Waals surface area contributed by atoms with Crippen LogP contribution >= 0.6 is 0 Å². The highest BCUT2D eigenvalue weighted by molar-refractivity contribution is 5.31. The van der Waals surface area contributed by atoms with Crippen molar-refractivity contribution in [2.75, 3.05) is 0 Å². The first-order chi connectivity index (χ1) is 14.4. The van der Waals surface area contributed by atoms with Crippen molar-refractivity contribution in [3.8, 4) is 6.07 Å². The highest BCUT2D eigenvalue weighted by Crippen LogP contribution is 2.14. The van der Waals surface area contributed by atoms with Gasteiger partial charge in [-0.1, -0.05) is 113 Å². The Kier molecular flexibility index (Phi) is 12.7. The summed E-state index contributed by atoms with van der Waals surface area (Å²) in [4.78, 5) is 0. The first-order valence-electron chi connectivity index (χ1n) is 11.9. The van der Waals surface area contributed by atoms with Crippen molar-refractivity contribution in [2.24, 2.45) is 0 Å². The minimum Gasteiger partial charge on any atom is -0.192 e. The lowest BCUT2D eigenvalue weighted by Gasteiger charge is -2.04. The molecule has 2 aromatic carbocycles. The number of benzene rings is 2. The number of nitrogens with zero attached hydrogens (tertiary/aromatic N) is 1. The maximum absolute atomic E-state index is 8.82. The molecular weight excluding hydrogens is 350 g/mol. The maximum atomic E-state index is 8.82. The third-order valence-electron chi connectivity index (χ3n) is 5.86. The van der Waals surface area contributed by atoms with E-state index >= 15 is 0 Å². The van der Waals surface area contributed by atoms with Gasteiger partial charge in [0.2, 0.25) is 0 Å². The van der Waals surface area contributed by atoms with Gasteiger partial charge in [-0.15, -0.1) is 0 Å². The minimum absolute atomic E-state index is 0.761. The largest absolute Gasteiger partial charge is 0.192 e. The molecule has 1 heteroatoms. The van der Waals surface area contributed by atoms with Crippen molar-refractivity contribution >= 4 is 0 Å². The Balaban J connectivity index is 1.29. The normalized spacial score (nSPS) is 10.7. The van der Waals surface area contributed by atoms with Gasteiger partial charge in [0.25, 0.3) is 0 Å². The van der Waals surface area contributed by atoms with E-state index in [0.717, 1.165) is 12.0 Å². The van der Waals surface area contributed by atoms with Crippen LogP contribution in [0.5, 0.6) is 0 Å². The maximum Gasteiger partial charge on any atom is 0.0991 e. The smallest absolute Gasteiger partial charge is 0.0991 e. The van der Waals surface area contributed by atoms with Gasteiger partial charge in [-0.3, -0.25) is 0 Å². The van der Waals surface area contributed by atoms with Crippen LogP contribution in [0.2, 0.25) is 0 Å². The van der Waals surface area contributed by atoms with Crippen molar-refractivity contribution < 1.29 is 0 Å². The molecule has 2 rings (SSSR count). The van der Waals surface area contributed by atoms with Crippen LogP contribution in [-0.4, -0.2) is 0 Å². The van der Waals surface area contributed by atoms with Gasteiger partial charge in [-0.2, -0.15) is 5.26 Å². The van der Waals surface area contributed by atoms with Crippen LogP contribution in [0, 0.1) is 11.3 Å². The van der Waals surface area contributed by atoms with Gasteiger partial charge in [0.05, 0.1) is 11.6 Å². The third-order valence-corrected chi connectivity index (χ3v) is 5.86. The molecule has 156 valence electrons. The van der Waals surface area contributed by atoms with Gasteiger partial charge in [0, 0.05) is 0 Å². The average Bonchev–Trinajstić information content (AvgIpc) is 2.77. The number of hydrogen-bond donors (Lipinski definition) is 0. The van der Waals surface area contributed by atoms with Crippen LogP contribution in [0.4, 0.5) is 0 Å². The topological polar surface area (TPSA) is 23.8 Å². The van der Waals surface area contributed by atoms with E-state index in [1.54, 1.807) is 0 Å². The van der Waals surface area contributed by atoms with Gasteiger partial charge < -0.3 is 0 Å². The summed E-state index contributed by atoms with van der Waals surface area (Å²) in [6.45, 7) is 0. The van der Waals surface area contributed by atoms with Crippen molar-refractivity contribution in [2.45, 2.75) is 96.3 Å². The van der Waals surface area contributed by atoms with E-state index < -0.39 is 0 Å². The van der Waals surface area contributed by atoms with Crippen molar-refractivity contribution in [3.63, 3.8) is 0 Å². The predicted octanol–water partition coefficient (Wildman–Crippen LogP) is 8.41. The summed E-state index contributed by atoms with van der Waals surface area (Å²) in [5.74, 6) is 0. The number of rotatable bonds is 16. The molecule has 1 nitrogen and oxygen atoms in total. The van der Waals surface area contributed by atoms with E-state index in [-0.39, 0.29) is 0 Å². The van der Waals surface area contributed by atoms with Crippen LogP contribution in [-0.2, 0) is 12.8 Å². The lowest BCUT2D eigenvalue weighted by molar-refractivity contribution is 0.536. The molecule has 0 saturated carbocycles. The summed E-state index contributed by atoms with van der Waals surface area (Å²) in [5, 5.41) is 8.82. The molecule has 0 bridgehead atoms. The number of aryl methyl sites for hydroxylation is 2. The zero-order chi connectivity index (χ0) is 20.4. The Morgan fingerprint density at radius 2 is 0.828 bits per heavy atom. The molecule has 0 spiro atoms. The molecule has 2 aromatic rings. The molecule has 0 aromatic heterocycles. The summed E-state index contributed by atoms with van der Waals surface area (Å²) >= 11 is 0. The zero-order valence-electron chi connectivity index (χ0n) is 18.2. The Labute approximate surface area is 179 Å². The fourth-order valence-electron chi connectivity index (χ4n) is 3.99. The second-order valence-corrected chi connectivity index (χ2v) is 8.39. The molecule has 0 N–H and O–H groups in total. The second kappa shape index (κ2) is 15.8. The van der Waals surface area contributed by atoms with Gasteiger partial charge in [0.15, 0.2) is 0 Å². The van der Waals surface area contributed by atoms with E-state index in [0.29, 0.717) is 0 Å². The molecule has 0 unspecified atom stereocenters. The highest BCUT2D eigenvalue weighted by atomic mass is 14.2. The van der Waals surface area contributed by atoms with Gasteiger partial charge in [0.1, 0.15) is 0 Å². The molecule has 0 radical (unpaired) electrons. The molecule has 0 saturated heterocycles. The van der Waals surface area contributed by atoms with E-state index in [9.17, 15) is 0 Å². The highest BCUT2D eigenvalue weighted by Gasteiger charge is 1.97. The SMILES string of the molecule is N#Cc1ccc(CCCCCCCCCCCCCCCc2ccccc2)cc1. The van der Waals surface area contributed by atoms with Crippen LogP contribution in [0.1, 0.15) is 100 Å². The van der Waals surface area contributed by atoms with Gasteiger partial charge >= 0.3 is 0 Å². The van der Waals surface area contributed by atoms with Crippen LogP contribution < -0.4 is 0 Å². The van der Waals surface area contributed by atoms with Crippen LogP contribution in [0.25, 0.3) is 0 Å². The second-order valence-electron chi connectivity index (χ2n) is 8.39. The predicted molar refractivity (Wildman–Crippen MR) is 125 cm³/mol. The summed E-state index contributed by atoms with van der Waals surface area (Å²) in [7, 11) is 0. The average molecular weight is 390 g/mol. The Morgan fingerprint density at radius 3 is 1.24 bits per heavy atom. The standard InChI is InChI=1S/C28H39N/c29-25-28-23-21-27(22-24-28)20-14-11-9-7-5-3-1-2-4-6-8-10-13-17-26-18-15-12-16-19-26/h12,15-16,18-19,21-24H,1-11,13-14,17,20H2. The number of nitriles is 1. The molecular formula is C28H39N.